The van der Waals surface area contributed by atoms with Crippen LogP contribution >= 0.6 is 0 Å². The molecule has 0 aromatic heterocycles. The van der Waals surface area contributed by atoms with Crippen LogP contribution in [0.25, 0.3) is 0 Å². The number of hydrogen-bond acceptors (Lipinski definition) is 3. The van der Waals surface area contributed by atoms with E-state index in [1.54, 1.807) is 12.1 Å². The van der Waals surface area contributed by atoms with Crippen molar-refractivity contribution in [3.05, 3.63) is 12.1 Å². The van der Waals surface area contributed by atoms with Crippen LogP contribution in [0.4, 0.5) is 4.79 Å². The highest BCUT2D eigenvalue weighted by atomic mass is 16.7. The highest BCUT2D eigenvalue weighted by Crippen LogP contribution is 2.36. The molecule has 0 bridgehead atoms. The molecule has 1 rings (SSSR count). The molecule has 0 radical (unpaired) electrons. The molecule has 0 spiro atoms. The van der Waals surface area contributed by atoms with Gasteiger partial charge in [-0.1, -0.05) is 12.1 Å². The van der Waals surface area contributed by atoms with E-state index in [9.17, 15) is 4.79 Å². The van der Waals surface area contributed by atoms with Gasteiger partial charge in [-0.05, 0) is 27.7 Å². The van der Waals surface area contributed by atoms with E-state index in [1.807, 2.05) is 27.7 Å². The number of hydrogen-bond donors (Lipinski definition) is 2. The molecular weight excluding hydrogens is 209 g/mol. The Morgan fingerprint density at radius 2 is 1.81 bits per heavy atom. The van der Waals surface area contributed by atoms with Gasteiger partial charge in [0.15, 0.2) is 0 Å². The maximum absolute atomic E-state index is 10.2. The first kappa shape index (κ1) is 13.1. The molecule has 0 saturated carbocycles. The third-order valence-electron chi connectivity index (χ3n) is 2.94. The summed E-state index contributed by atoms with van der Waals surface area (Å²) >= 11 is 0. The lowest BCUT2D eigenvalue weighted by atomic mass is 9.90. The first-order valence-corrected chi connectivity index (χ1v) is 5.24. The largest absolute Gasteiger partial charge is 0.486 e. The van der Waals surface area contributed by atoms with Crippen LogP contribution in [-0.2, 0) is 9.31 Å². The maximum atomic E-state index is 10.2. The van der Waals surface area contributed by atoms with E-state index < -0.39 is 13.2 Å². The van der Waals surface area contributed by atoms with Crippen molar-refractivity contribution in [1.29, 1.82) is 0 Å². The van der Waals surface area contributed by atoms with Gasteiger partial charge in [0.05, 0.1) is 11.2 Å². The zero-order valence-corrected chi connectivity index (χ0v) is 10.1. The monoisotopic (exact) mass is 227 g/mol. The molecule has 0 aromatic carbocycles. The second-order valence-electron chi connectivity index (χ2n) is 4.74. The van der Waals surface area contributed by atoms with Gasteiger partial charge in [-0.3, -0.25) is 0 Å². The summed E-state index contributed by atoms with van der Waals surface area (Å²) in [5.41, 5.74) is -0.718. The van der Waals surface area contributed by atoms with Crippen LogP contribution in [0.3, 0.4) is 0 Å². The predicted octanol–water partition coefficient (Wildman–Crippen LogP) is 1.44. The number of amides is 1. The average molecular weight is 227 g/mol. The molecule has 1 heterocycles. The number of rotatable bonds is 3. The topological polar surface area (TPSA) is 67.8 Å². The summed E-state index contributed by atoms with van der Waals surface area (Å²) in [5, 5.41) is 10.6. The molecule has 6 heteroatoms. The summed E-state index contributed by atoms with van der Waals surface area (Å²) in [6.45, 7) is 8.12. The highest BCUT2D eigenvalue weighted by Gasteiger charge is 2.49. The summed E-state index contributed by atoms with van der Waals surface area (Å²) in [7, 11) is -0.416. The molecule has 1 amide bonds. The fraction of sp³-hybridized carbons (Fsp3) is 0.700. The Morgan fingerprint density at radius 1 is 1.31 bits per heavy atom. The summed E-state index contributed by atoms with van der Waals surface area (Å²) in [6.07, 6.45) is 0.634. The summed E-state index contributed by atoms with van der Waals surface area (Å²) in [6, 6.07) is 0. The maximum Gasteiger partial charge on any atom is 0.486 e. The second-order valence-corrected chi connectivity index (χ2v) is 4.74. The molecule has 0 aromatic rings. The molecule has 1 fully saturated rings. The predicted molar refractivity (Wildman–Crippen MR) is 61.2 cm³/mol. The quantitative estimate of drug-likeness (QED) is 0.716. The van der Waals surface area contributed by atoms with Crippen LogP contribution in [0.5, 0.6) is 0 Å². The van der Waals surface area contributed by atoms with Crippen LogP contribution in [0.15, 0.2) is 12.1 Å². The zero-order chi connectivity index (χ0) is 12.4. The first-order chi connectivity index (χ1) is 7.24. The van der Waals surface area contributed by atoms with Gasteiger partial charge in [-0.25, -0.2) is 4.79 Å². The van der Waals surface area contributed by atoms with Crippen molar-refractivity contribution in [2.45, 2.75) is 38.9 Å². The lowest BCUT2D eigenvalue weighted by molar-refractivity contribution is 0.00578. The Morgan fingerprint density at radius 3 is 2.25 bits per heavy atom. The van der Waals surface area contributed by atoms with Gasteiger partial charge < -0.3 is 19.7 Å². The van der Waals surface area contributed by atoms with E-state index in [-0.39, 0.29) is 17.7 Å². The molecule has 1 aliphatic heterocycles. The minimum atomic E-state index is -1.04. The minimum Gasteiger partial charge on any atom is -0.465 e. The van der Waals surface area contributed by atoms with Gasteiger partial charge in [-0.15, -0.1) is 0 Å². The van der Waals surface area contributed by atoms with Gasteiger partial charge in [-0.2, -0.15) is 0 Å². The Kier molecular flexibility index (Phi) is 3.65. The first-order valence-electron chi connectivity index (χ1n) is 5.24. The third kappa shape index (κ3) is 2.99. The fourth-order valence-electron chi connectivity index (χ4n) is 1.29. The van der Waals surface area contributed by atoms with Gasteiger partial charge in [0.1, 0.15) is 0 Å². The molecule has 1 saturated heterocycles. The van der Waals surface area contributed by atoms with E-state index in [0.717, 1.165) is 0 Å². The number of nitrogens with one attached hydrogen (secondary N) is 1. The molecular formula is C10H18BNO4. The highest BCUT2D eigenvalue weighted by molar-refractivity contribution is 6.51. The van der Waals surface area contributed by atoms with Gasteiger partial charge in [0, 0.05) is 6.54 Å². The standard InChI is InChI=1S/C10H18BNO4/c1-9(2)10(3,4)16-11(15-9)6-5-7-12-8(13)14/h5-6,12H,7H2,1-4H3,(H,13,14)/b6-5+. The van der Waals surface area contributed by atoms with E-state index in [1.165, 1.54) is 0 Å². The molecule has 0 aliphatic carbocycles. The van der Waals surface area contributed by atoms with Crippen molar-refractivity contribution in [2.24, 2.45) is 0 Å². The summed E-state index contributed by atoms with van der Waals surface area (Å²) < 4.78 is 11.4. The van der Waals surface area contributed by atoms with E-state index in [4.69, 9.17) is 14.4 Å². The van der Waals surface area contributed by atoms with Crippen molar-refractivity contribution >= 4 is 13.2 Å². The van der Waals surface area contributed by atoms with E-state index >= 15 is 0 Å². The fourth-order valence-corrected chi connectivity index (χ4v) is 1.29. The lowest BCUT2D eigenvalue weighted by Crippen LogP contribution is -2.41. The summed E-state index contributed by atoms with van der Waals surface area (Å²) in [5.74, 6) is 1.71. The van der Waals surface area contributed by atoms with Gasteiger partial charge in [0.2, 0.25) is 0 Å². The normalized spacial score (nSPS) is 22.6. The molecule has 16 heavy (non-hydrogen) atoms. The van der Waals surface area contributed by atoms with Crippen molar-refractivity contribution in [1.82, 2.24) is 5.32 Å². The van der Waals surface area contributed by atoms with Crippen LogP contribution in [0.2, 0.25) is 0 Å². The third-order valence-corrected chi connectivity index (χ3v) is 2.94. The molecule has 0 unspecified atom stereocenters. The lowest BCUT2D eigenvalue weighted by Gasteiger charge is -2.32. The Hall–Kier alpha value is -1.01. The van der Waals surface area contributed by atoms with E-state index in [0.29, 0.717) is 0 Å². The molecule has 1 aliphatic rings. The van der Waals surface area contributed by atoms with Crippen molar-refractivity contribution in [3.63, 3.8) is 0 Å². The molecule has 5 nitrogen and oxygen atoms in total. The second kappa shape index (κ2) is 4.47. The van der Waals surface area contributed by atoms with Crippen LogP contribution in [0, 0.1) is 0 Å². The van der Waals surface area contributed by atoms with Crippen LogP contribution < -0.4 is 5.32 Å². The SMILES string of the molecule is CC1(C)OB(/C=C/CNC(=O)O)OC1(C)C. The Balaban J connectivity index is 2.45. The zero-order valence-electron chi connectivity index (χ0n) is 10.1. The van der Waals surface area contributed by atoms with Crippen molar-refractivity contribution in [2.75, 3.05) is 6.54 Å². The number of carbonyl (C=O) groups is 1. The smallest absolute Gasteiger partial charge is 0.465 e. The van der Waals surface area contributed by atoms with Gasteiger partial charge >= 0.3 is 13.2 Å². The summed E-state index contributed by atoms with van der Waals surface area (Å²) in [4.78, 5) is 10.2. The number of carboxylic acid groups (broad SMARTS) is 1. The van der Waals surface area contributed by atoms with Crippen LogP contribution in [0.1, 0.15) is 27.7 Å². The minimum absolute atomic E-state index is 0.249. The van der Waals surface area contributed by atoms with Crippen molar-refractivity contribution in [3.8, 4) is 0 Å². The molecule has 90 valence electrons. The Labute approximate surface area is 96.0 Å². The van der Waals surface area contributed by atoms with Crippen molar-refractivity contribution < 1.29 is 19.2 Å². The van der Waals surface area contributed by atoms with Crippen LogP contribution in [-0.4, -0.2) is 36.1 Å². The van der Waals surface area contributed by atoms with E-state index in [2.05, 4.69) is 5.32 Å². The Bertz CT molecular complexity index is 285. The van der Waals surface area contributed by atoms with Gasteiger partial charge in [0.25, 0.3) is 0 Å². The molecule has 0 atom stereocenters. The molecule has 2 N–H and O–H groups in total. The average Bonchev–Trinajstić information content (AvgIpc) is 2.29.